The molecule has 0 saturated carbocycles. The molecule has 8 heteroatoms. The molecule has 0 aromatic heterocycles. The third-order valence-electron chi connectivity index (χ3n) is 5.55. The van der Waals surface area contributed by atoms with Crippen LogP contribution in [-0.2, 0) is 14.4 Å². The lowest BCUT2D eigenvalue weighted by molar-refractivity contribution is -0.840. The third-order valence-corrected chi connectivity index (χ3v) is 5.55. The Balaban J connectivity index is 3.46. The second kappa shape index (κ2) is 20.9. The fourth-order valence-corrected chi connectivity index (χ4v) is 3.53. The molecular weight excluding hydrogens is 420 g/mol. The second-order valence-electron chi connectivity index (χ2n) is 9.49. The molecule has 0 bridgehead atoms. The van der Waals surface area contributed by atoms with E-state index < -0.39 is 0 Å². The van der Waals surface area contributed by atoms with Crippen LogP contribution in [-0.4, -0.2) is 62.6 Å². The average Bonchev–Trinajstić information content (AvgIpc) is 2.76. The molecule has 0 heterocycles. The second-order valence-corrected chi connectivity index (χ2v) is 9.49. The van der Waals surface area contributed by atoms with Gasteiger partial charge in [-0.05, 0) is 6.42 Å². The highest BCUT2D eigenvalue weighted by molar-refractivity contribution is 5.83. The molecule has 0 rings (SSSR count). The van der Waals surface area contributed by atoms with Gasteiger partial charge in [0.2, 0.25) is 17.7 Å². The number of quaternary nitrogens is 1. The van der Waals surface area contributed by atoms with Crippen LogP contribution in [0.1, 0.15) is 103 Å². The van der Waals surface area contributed by atoms with Crippen molar-refractivity contribution in [1.29, 1.82) is 0 Å². The van der Waals surface area contributed by atoms with Gasteiger partial charge in [-0.25, -0.2) is 0 Å². The van der Waals surface area contributed by atoms with E-state index in [0.717, 1.165) is 12.8 Å². The first kappa shape index (κ1) is 31.3. The largest absolute Gasteiger partial charge is 0.633 e. The normalized spacial score (nSPS) is 11.3. The van der Waals surface area contributed by atoms with Crippen LogP contribution >= 0.6 is 0 Å². The summed E-state index contributed by atoms with van der Waals surface area (Å²) in [6.07, 6.45) is 15.2. The molecule has 0 aliphatic heterocycles. The summed E-state index contributed by atoms with van der Waals surface area (Å²) in [6, 6.07) is 0. The van der Waals surface area contributed by atoms with Gasteiger partial charge in [-0.15, -0.1) is 0 Å². The number of hydrogen-bond donors (Lipinski definition) is 3. The molecule has 0 aliphatic rings. The molecular formula is C25H50N4O4. The minimum atomic E-state index is -0.381. The maximum Gasteiger partial charge on any atom is 0.220 e. The van der Waals surface area contributed by atoms with E-state index in [1.165, 1.54) is 57.8 Å². The van der Waals surface area contributed by atoms with Gasteiger partial charge in [0, 0.05) is 45.3 Å². The average molecular weight is 471 g/mol. The molecule has 0 aromatic rings. The number of hydroxylamine groups is 3. The summed E-state index contributed by atoms with van der Waals surface area (Å²) in [5.74, 6) is -0.372. The Hall–Kier alpha value is -1.67. The maximum absolute atomic E-state index is 11.9. The van der Waals surface area contributed by atoms with Gasteiger partial charge in [-0.1, -0.05) is 71.1 Å². The van der Waals surface area contributed by atoms with Crippen molar-refractivity contribution in [3.63, 3.8) is 0 Å². The van der Waals surface area contributed by atoms with E-state index in [2.05, 4.69) is 22.9 Å². The molecule has 8 nitrogen and oxygen atoms in total. The van der Waals surface area contributed by atoms with Gasteiger partial charge in [0.1, 0.15) is 0 Å². The quantitative estimate of drug-likeness (QED) is 0.127. The van der Waals surface area contributed by atoms with Crippen molar-refractivity contribution in [1.82, 2.24) is 16.0 Å². The molecule has 0 atom stereocenters. The number of carbonyl (C=O) groups excluding carboxylic acids is 3. The topological polar surface area (TPSA) is 110 Å². The highest BCUT2D eigenvalue weighted by atomic mass is 16.5. The summed E-state index contributed by atoms with van der Waals surface area (Å²) in [5.41, 5.74) is 0. The van der Waals surface area contributed by atoms with Crippen molar-refractivity contribution in [3.05, 3.63) is 5.21 Å². The minimum Gasteiger partial charge on any atom is -0.633 e. The Kier molecular flexibility index (Phi) is 19.8. The standard InChI is InChI=1S/C25H50N4O4/c1-4-5-6-7-8-9-10-11-12-13-14-16-23(30)27-20-21-28-25(32)18-17-24(31)26-19-15-22-29(2,3)33/h4-22H2,1-3H3,(H,26,31)(H,27,30)(H,28,32). The van der Waals surface area contributed by atoms with Crippen LogP contribution in [0.2, 0.25) is 0 Å². The van der Waals surface area contributed by atoms with Gasteiger partial charge in [0.05, 0.1) is 20.6 Å². The Morgan fingerprint density at radius 2 is 0.970 bits per heavy atom. The van der Waals surface area contributed by atoms with Gasteiger partial charge < -0.3 is 25.8 Å². The first-order valence-electron chi connectivity index (χ1n) is 13.1. The van der Waals surface area contributed by atoms with Gasteiger partial charge in [-0.3, -0.25) is 14.4 Å². The third kappa shape index (κ3) is 24.8. The van der Waals surface area contributed by atoms with Crippen molar-refractivity contribution >= 4 is 17.7 Å². The summed E-state index contributed by atoms with van der Waals surface area (Å²) < 4.78 is -0.381. The lowest BCUT2D eigenvalue weighted by Crippen LogP contribution is -2.36. The highest BCUT2D eigenvalue weighted by Crippen LogP contribution is 2.11. The summed E-state index contributed by atoms with van der Waals surface area (Å²) in [6.45, 7) is 3.88. The van der Waals surface area contributed by atoms with E-state index in [1.807, 2.05) is 0 Å². The number of carbonyl (C=O) groups is 3. The Labute approximate surface area is 201 Å². The van der Waals surface area contributed by atoms with Crippen LogP contribution in [0.4, 0.5) is 0 Å². The van der Waals surface area contributed by atoms with Crippen molar-refractivity contribution in [2.24, 2.45) is 0 Å². The smallest absolute Gasteiger partial charge is 0.220 e. The molecule has 0 saturated heterocycles. The van der Waals surface area contributed by atoms with Gasteiger partial charge in [0.25, 0.3) is 0 Å². The van der Waals surface area contributed by atoms with Crippen LogP contribution in [0.3, 0.4) is 0 Å². The van der Waals surface area contributed by atoms with Gasteiger partial charge in [0.15, 0.2) is 0 Å². The molecule has 0 fully saturated rings. The predicted molar refractivity (Wildman–Crippen MR) is 134 cm³/mol. The zero-order valence-electron chi connectivity index (χ0n) is 21.5. The Morgan fingerprint density at radius 3 is 1.42 bits per heavy atom. The fraction of sp³-hybridized carbons (Fsp3) is 0.880. The summed E-state index contributed by atoms with van der Waals surface area (Å²) in [5, 5.41) is 19.7. The molecule has 0 aliphatic carbocycles. The van der Waals surface area contributed by atoms with Crippen molar-refractivity contribution in [3.8, 4) is 0 Å². The molecule has 0 unspecified atom stereocenters. The molecule has 0 spiro atoms. The molecule has 0 aromatic carbocycles. The van der Waals surface area contributed by atoms with E-state index in [0.29, 0.717) is 39.0 Å². The SMILES string of the molecule is CCCCCCCCCCCCCC(=O)NCCNC(=O)CCC(=O)NCCC[N+](C)(C)[O-]. The van der Waals surface area contributed by atoms with Gasteiger partial charge >= 0.3 is 0 Å². The lowest BCUT2D eigenvalue weighted by atomic mass is 10.1. The summed E-state index contributed by atoms with van der Waals surface area (Å²) in [4.78, 5) is 35.4. The zero-order chi connectivity index (χ0) is 24.8. The van der Waals surface area contributed by atoms with E-state index >= 15 is 0 Å². The van der Waals surface area contributed by atoms with E-state index in [9.17, 15) is 19.6 Å². The number of nitrogens with one attached hydrogen (secondary N) is 3. The lowest BCUT2D eigenvalue weighted by Gasteiger charge is -2.33. The summed E-state index contributed by atoms with van der Waals surface area (Å²) in [7, 11) is 3.13. The van der Waals surface area contributed by atoms with Crippen molar-refractivity contribution in [2.45, 2.75) is 103 Å². The maximum atomic E-state index is 11.9. The van der Waals surface area contributed by atoms with Crippen molar-refractivity contribution in [2.75, 3.05) is 40.3 Å². The first-order valence-corrected chi connectivity index (χ1v) is 13.1. The number of unbranched alkanes of at least 4 members (excludes halogenated alkanes) is 10. The summed E-state index contributed by atoms with van der Waals surface area (Å²) >= 11 is 0. The van der Waals surface area contributed by atoms with Crippen molar-refractivity contribution < 1.29 is 19.0 Å². The van der Waals surface area contributed by atoms with E-state index in [-0.39, 0.29) is 35.2 Å². The van der Waals surface area contributed by atoms with Gasteiger partial charge in [-0.2, -0.15) is 0 Å². The van der Waals surface area contributed by atoms with Crippen LogP contribution < -0.4 is 16.0 Å². The molecule has 0 radical (unpaired) electrons. The molecule has 194 valence electrons. The number of hydrogen-bond acceptors (Lipinski definition) is 4. The number of nitrogens with zero attached hydrogens (tertiary/aromatic N) is 1. The van der Waals surface area contributed by atoms with Crippen LogP contribution in [0, 0.1) is 5.21 Å². The fourth-order valence-electron chi connectivity index (χ4n) is 3.53. The Morgan fingerprint density at radius 1 is 0.576 bits per heavy atom. The predicted octanol–water partition coefficient (Wildman–Crippen LogP) is 3.78. The van der Waals surface area contributed by atoms with Crippen LogP contribution in [0.5, 0.6) is 0 Å². The monoisotopic (exact) mass is 470 g/mol. The van der Waals surface area contributed by atoms with E-state index in [1.54, 1.807) is 14.1 Å². The molecule has 3 N–H and O–H groups in total. The first-order chi connectivity index (χ1) is 15.7. The Bertz CT molecular complexity index is 521. The molecule has 33 heavy (non-hydrogen) atoms. The minimum absolute atomic E-state index is 0.0273. The number of amides is 3. The van der Waals surface area contributed by atoms with Crippen LogP contribution in [0.15, 0.2) is 0 Å². The molecule has 3 amide bonds. The zero-order valence-corrected chi connectivity index (χ0v) is 21.5. The highest BCUT2D eigenvalue weighted by Gasteiger charge is 2.08. The number of rotatable bonds is 22. The van der Waals surface area contributed by atoms with Crippen LogP contribution in [0.25, 0.3) is 0 Å². The van der Waals surface area contributed by atoms with E-state index in [4.69, 9.17) is 0 Å².